The van der Waals surface area contributed by atoms with E-state index in [1.54, 1.807) is 36.4 Å². The number of aliphatic carboxylic acids is 1. The Morgan fingerprint density at radius 1 is 0.815 bits per heavy atom. The zero-order valence-electron chi connectivity index (χ0n) is 14.4. The molecule has 0 amide bonds. The van der Waals surface area contributed by atoms with E-state index in [0.29, 0.717) is 0 Å². The van der Waals surface area contributed by atoms with Crippen molar-refractivity contribution in [2.24, 2.45) is 0 Å². The van der Waals surface area contributed by atoms with Crippen LogP contribution >= 0.6 is 0 Å². The Morgan fingerprint density at radius 2 is 1.33 bits per heavy atom. The number of nitrogens with one attached hydrogen (secondary N) is 1. The lowest BCUT2D eigenvalue weighted by Gasteiger charge is -2.15. The first-order valence-electron chi connectivity index (χ1n) is 8.40. The van der Waals surface area contributed by atoms with Crippen molar-refractivity contribution in [1.82, 2.24) is 4.72 Å². The Kier molecular flexibility index (Phi) is 5.69. The third-order valence-electron chi connectivity index (χ3n) is 4.15. The minimum atomic E-state index is -3.95. The van der Waals surface area contributed by atoms with Gasteiger partial charge in [-0.2, -0.15) is 4.72 Å². The number of rotatable bonds is 7. The van der Waals surface area contributed by atoms with Gasteiger partial charge >= 0.3 is 5.97 Å². The van der Waals surface area contributed by atoms with Gasteiger partial charge in [-0.25, -0.2) is 8.42 Å². The predicted molar refractivity (Wildman–Crippen MR) is 104 cm³/mol. The number of benzene rings is 3. The SMILES string of the molecule is O=C(O)[C@H](Cc1ccccc1)NS(=O)(=O)c1ccc(-c2ccccc2)cc1. The Bertz CT molecular complexity index is 1000. The topological polar surface area (TPSA) is 83.5 Å². The minimum absolute atomic E-state index is 0.0292. The highest BCUT2D eigenvalue weighted by Crippen LogP contribution is 2.21. The first-order valence-corrected chi connectivity index (χ1v) is 9.88. The van der Waals surface area contributed by atoms with Crippen molar-refractivity contribution in [2.45, 2.75) is 17.4 Å². The fraction of sp³-hybridized carbons (Fsp3) is 0.0952. The van der Waals surface area contributed by atoms with Crippen molar-refractivity contribution >= 4 is 16.0 Å². The van der Waals surface area contributed by atoms with Crippen molar-refractivity contribution in [3.05, 3.63) is 90.5 Å². The van der Waals surface area contributed by atoms with E-state index in [0.717, 1.165) is 16.7 Å². The van der Waals surface area contributed by atoms with Crippen LogP contribution < -0.4 is 4.72 Å². The van der Waals surface area contributed by atoms with Crippen molar-refractivity contribution in [1.29, 1.82) is 0 Å². The lowest BCUT2D eigenvalue weighted by Crippen LogP contribution is -2.42. The maximum absolute atomic E-state index is 12.6. The Labute approximate surface area is 158 Å². The molecule has 0 aliphatic rings. The van der Waals surface area contributed by atoms with Crippen LogP contribution in [0.15, 0.2) is 89.8 Å². The Hall–Kier alpha value is -2.96. The highest BCUT2D eigenvalue weighted by Gasteiger charge is 2.25. The number of carboxylic acid groups (broad SMARTS) is 1. The summed E-state index contributed by atoms with van der Waals surface area (Å²) in [5.41, 5.74) is 2.60. The van der Waals surface area contributed by atoms with E-state index in [9.17, 15) is 18.3 Å². The molecule has 6 heteroatoms. The summed E-state index contributed by atoms with van der Waals surface area (Å²) in [7, 11) is -3.95. The molecular weight excluding hydrogens is 362 g/mol. The maximum atomic E-state index is 12.6. The van der Waals surface area contributed by atoms with Crippen molar-refractivity contribution in [2.75, 3.05) is 0 Å². The first-order chi connectivity index (χ1) is 13.0. The first kappa shape index (κ1) is 18.8. The molecule has 1 atom stereocenters. The summed E-state index contributed by atoms with van der Waals surface area (Å²) in [5, 5.41) is 9.41. The highest BCUT2D eigenvalue weighted by molar-refractivity contribution is 7.89. The van der Waals surface area contributed by atoms with Crippen LogP contribution in [0.5, 0.6) is 0 Å². The predicted octanol–water partition coefficient (Wildman–Crippen LogP) is 3.33. The molecule has 0 bridgehead atoms. The van der Waals surface area contributed by atoms with Gasteiger partial charge in [0.15, 0.2) is 0 Å². The molecule has 0 aromatic heterocycles. The summed E-state index contributed by atoms with van der Waals surface area (Å²) in [6.45, 7) is 0. The highest BCUT2D eigenvalue weighted by atomic mass is 32.2. The summed E-state index contributed by atoms with van der Waals surface area (Å²) in [4.78, 5) is 11.6. The molecule has 0 unspecified atom stereocenters. The smallest absolute Gasteiger partial charge is 0.322 e. The van der Waals surface area contributed by atoms with Gasteiger partial charge in [0, 0.05) is 0 Å². The van der Waals surface area contributed by atoms with Crippen molar-refractivity contribution < 1.29 is 18.3 Å². The summed E-state index contributed by atoms with van der Waals surface area (Å²) >= 11 is 0. The zero-order chi connectivity index (χ0) is 19.3. The van der Waals surface area contributed by atoms with E-state index in [4.69, 9.17) is 0 Å². The molecule has 3 aromatic rings. The standard InChI is InChI=1S/C21H19NO4S/c23-21(24)20(15-16-7-3-1-4-8-16)22-27(25,26)19-13-11-18(12-14-19)17-9-5-2-6-10-17/h1-14,20,22H,15H2,(H,23,24)/t20-/m0/s1. The second kappa shape index (κ2) is 8.16. The number of sulfonamides is 1. The molecule has 27 heavy (non-hydrogen) atoms. The molecule has 0 aliphatic heterocycles. The number of carboxylic acids is 1. The van der Waals surface area contributed by atoms with Gasteiger partial charge < -0.3 is 5.11 Å². The lowest BCUT2D eigenvalue weighted by molar-refractivity contribution is -0.138. The molecule has 5 nitrogen and oxygen atoms in total. The van der Waals surface area contributed by atoms with E-state index >= 15 is 0 Å². The van der Waals surface area contributed by atoms with Crippen molar-refractivity contribution in [3.63, 3.8) is 0 Å². The normalized spacial score (nSPS) is 12.4. The van der Waals surface area contributed by atoms with Crippen LogP contribution in [0.2, 0.25) is 0 Å². The van der Waals surface area contributed by atoms with Gasteiger partial charge in [-0.15, -0.1) is 0 Å². The van der Waals surface area contributed by atoms with Crippen LogP contribution in [-0.2, 0) is 21.2 Å². The molecular formula is C21H19NO4S. The summed E-state index contributed by atoms with van der Waals surface area (Å²) in [6.07, 6.45) is 0.0670. The summed E-state index contributed by atoms with van der Waals surface area (Å²) in [5.74, 6) is -1.22. The fourth-order valence-corrected chi connectivity index (χ4v) is 3.93. The molecule has 2 N–H and O–H groups in total. The van der Waals surface area contributed by atoms with Gasteiger partial charge in [-0.05, 0) is 35.2 Å². The molecule has 3 aromatic carbocycles. The average molecular weight is 381 g/mol. The zero-order valence-corrected chi connectivity index (χ0v) is 15.3. The lowest BCUT2D eigenvalue weighted by atomic mass is 10.1. The van der Waals surface area contributed by atoms with Crippen LogP contribution in [0.1, 0.15) is 5.56 Å². The maximum Gasteiger partial charge on any atom is 0.322 e. The molecule has 0 saturated heterocycles. The quantitative estimate of drug-likeness (QED) is 0.658. The summed E-state index contributed by atoms with van der Waals surface area (Å²) < 4.78 is 27.5. The van der Waals surface area contributed by atoms with Gasteiger partial charge in [0.2, 0.25) is 10.0 Å². The molecule has 0 aliphatic carbocycles. The number of hydrogen-bond acceptors (Lipinski definition) is 3. The minimum Gasteiger partial charge on any atom is -0.480 e. The third-order valence-corrected chi connectivity index (χ3v) is 5.64. The van der Waals surface area contributed by atoms with Crippen LogP contribution in [0, 0.1) is 0 Å². The van der Waals surface area contributed by atoms with E-state index in [2.05, 4.69) is 4.72 Å². The molecule has 138 valence electrons. The molecule has 0 heterocycles. The van der Waals surface area contributed by atoms with Crippen LogP contribution in [0.25, 0.3) is 11.1 Å². The van der Waals surface area contributed by atoms with Crippen LogP contribution in [0.4, 0.5) is 0 Å². The van der Waals surface area contributed by atoms with Gasteiger partial charge in [-0.3, -0.25) is 4.79 Å². The van der Waals surface area contributed by atoms with Gasteiger partial charge in [-0.1, -0.05) is 72.8 Å². The van der Waals surface area contributed by atoms with Gasteiger partial charge in [0.1, 0.15) is 6.04 Å². The van der Waals surface area contributed by atoms with Gasteiger partial charge in [0.05, 0.1) is 4.90 Å². The molecule has 0 fully saturated rings. The molecule has 0 radical (unpaired) electrons. The average Bonchev–Trinajstić information content (AvgIpc) is 2.69. The Morgan fingerprint density at radius 3 is 1.89 bits per heavy atom. The molecule has 3 rings (SSSR count). The third kappa shape index (κ3) is 4.81. The van der Waals surface area contributed by atoms with E-state index in [-0.39, 0.29) is 11.3 Å². The second-order valence-corrected chi connectivity index (χ2v) is 7.81. The Balaban J connectivity index is 1.79. The van der Waals surface area contributed by atoms with E-state index < -0.39 is 22.0 Å². The largest absolute Gasteiger partial charge is 0.480 e. The fourth-order valence-electron chi connectivity index (χ4n) is 2.74. The molecule has 0 spiro atoms. The van der Waals surface area contributed by atoms with Crippen LogP contribution in [-0.4, -0.2) is 25.5 Å². The van der Waals surface area contributed by atoms with E-state index in [1.165, 1.54) is 12.1 Å². The molecule has 0 saturated carbocycles. The van der Waals surface area contributed by atoms with Gasteiger partial charge in [0.25, 0.3) is 0 Å². The monoisotopic (exact) mass is 381 g/mol. The number of hydrogen-bond donors (Lipinski definition) is 2. The number of carbonyl (C=O) groups is 1. The second-order valence-electron chi connectivity index (χ2n) is 6.09. The van der Waals surface area contributed by atoms with Crippen LogP contribution in [0.3, 0.4) is 0 Å². The van der Waals surface area contributed by atoms with Crippen molar-refractivity contribution in [3.8, 4) is 11.1 Å². The summed E-state index contributed by atoms with van der Waals surface area (Å²) in [6, 6.07) is 23.6. The van der Waals surface area contributed by atoms with E-state index in [1.807, 2.05) is 36.4 Å².